The number of likely N-dealkylation sites (N-methyl/N-ethyl adjacent to an activating group) is 1. The second kappa shape index (κ2) is 6.14. The Morgan fingerprint density at radius 3 is 2.71 bits per heavy atom. The Bertz CT molecular complexity index is 227. The van der Waals surface area contributed by atoms with Gasteiger partial charge in [-0.1, -0.05) is 0 Å². The van der Waals surface area contributed by atoms with Gasteiger partial charge in [0, 0.05) is 17.6 Å². The molecule has 1 heterocycles. The van der Waals surface area contributed by atoms with Crippen molar-refractivity contribution in [1.29, 1.82) is 0 Å². The summed E-state index contributed by atoms with van der Waals surface area (Å²) in [6.45, 7) is 10.5. The van der Waals surface area contributed by atoms with E-state index in [9.17, 15) is 5.11 Å². The van der Waals surface area contributed by atoms with Gasteiger partial charge in [0.1, 0.15) is 0 Å². The van der Waals surface area contributed by atoms with Crippen LogP contribution >= 0.6 is 0 Å². The highest BCUT2D eigenvalue weighted by atomic mass is 16.5. The first-order chi connectivity index (χ1) is 7.93. The Morgan fingerprint density at radius 2 is 2.18 bits per heavy atom. The van der Waals surface area contributed by atoms with Crippen molar-refractivity contribution >= 4 is 0 Å². The topological polar surface area (TPSA) is 44.7 Å². The molecule has 1 fully saturated rings. The average Bonchev–Trinajstić information content (AvgIpc) is 2.31. The van der Waals surface area contributed by atoms with E-state index in [1.165, 1.54) is 0 Å². The highest BCUT2D eigenvalue weighted by molar-refractivity contribution is 4.86. The van der Waals surface area contributed by atoms with Crippen molar-refractivity contribution in [2.45, 2.75) is 44.7 Å². The number of aliphatic hydroxyl groups is 1. The number of nitrogens with one attached hydrogen (secondary N) is 1. The van der Waals surface area contributed by atoms with E-state index in [0.29, 0.717) is 0 Å². The lowest BCUT2D eigenvalue weighted by molar-refractivity contribution is -0.0521. The highest BCUT2D eigenvalue weighted by Gasteiger charge is 2.30. The molecule has 0 bridgehead atoms. The molecule has 1 saturated heterocycles. The maximum absolute atomic E-state index is 9.33. The maximum Gasteiger partial charge on any atom is 0.0645 e. The Hall–Kier alpha value is -0.160. The van der Waals surface area contributed by atoms with Gasteiger partial charge in [0.05, 0.1) is 19.8 Å². The Kier molecular flexibility index (Phi) is 5.38. The fourth-order valence-corrected chi connectivity index (χ4v) is 2.25. The van der Waals surface area contributed by atoms with Gasteiger partial charge in [-0.3, -0.25) is 4.90 Å². The van der Waals surface area contributed by atoms with Crippen LogP contribution < -0.4 is 5.32 Å². The molecule has 1 aliphatic heterocycles. The second-order valence-electron chi connectivity index (χ2n) is 5.92. The number of hydrogen-bond acceptors (Lipinski definition) is 4. The van der Waals surface area contributed by atoms with E-state index in [4.69, 9.17) is 4.74 Å². The van der Waals surface area contributed by atoms with Gasteiger partial charge in [-0.15, -0.1) is 0 Å². The number of nitrogens with zero attached hydrogens (tertiary/aromatic N) is 1. The van der Waals surface area contributed by atoms with Crippen LogP contribution in [0.4, 0.5) is 0 Å². The van der Waals surface area contributed by atoms with E-state index >= 15 is 0 Å². The first kappa shape index (κ1) is 14.9. The third-order valence-electron chi connectivity index (χ3n) is 3.93. The van der Waals surface area contributed by atoms with Gasteiger partial charge in [0.15, 0.2) is 0 Å². The predicted molar refractivity (Wildman–Crippen MR) is 70.3 cm³/mol. The van der Waals surface area contributed by atoms with Gasteiger partial charge in [-0.25, -0.2) is 0 Å². The summed E-state index contributed by atoms with van der Waals surface area (Å²) in [5.74, 6) is 0. The zero-order valence-corrected chi connectivity index (χ0v) is 11.8. The predicted octanol–water partition coefficient (Wildman–Crippen LogP) is 0.848. The summed E-state index contributed by atoms with van der Waals surface area (Å²) in [7, 11) is 1.91. The molecule has 102 valence electrons. The summed E-state index contributed by atoms with van der Waals surface area (Å²) >= 11 is 0. The normalized spacial score (nSPS) is 24.5. The minimum atomic E-state index is -0.142. The number of hydrogen-bond donors (Lipinski definition) is 2. The third kappa shape index (κ3) is 4.21. The zero-order chi connectivity index (χ0) is 12.9. The molecular formula is C13H28N2O2. The van der Waals surface area contributed by atoms with Crippen LogP contribution in [-0.2, 0) is 4.74 Å². The molecule has 1 rings (SSSR count). The van der Waals surface area contributed by atoms with Gasteiger partial charge in [-0.2, -0.15) is 0 Å². The molecule has 0 radical (unpaired) electrons. The van der Waals surface area contributed by atoms with Crippen LogP contribution in [-0.4, -0.2) is 61.0 Å². The molecule has 0 aliphatic carbocycles. The van der Waals surface area contributed by atoms with Crippen LogP contribution in [0.5, 0.6) is 0 Å². The quantitative estimate of drug-likeness (QED) is 0.727. The van der Waals surface area contributed by atoms with Crippen LogP contribution in [0.3, 0.4) is 0 Å². The summed E-state index contributed by atoms with van der Waals surface area (Å²) < 4.78 is 5.51. The fraction of sp³-hybridized carbons (Fsp3) is 1.00. The third-order valence-corrected chi connectivity index (χ3v) is 3.93. The van der Waals surface area contributed by atoms with Gasteiger partial charge in [0.2, 0.25) is 0 Å². The summed E-state index contributed by atoms with van der Waals surface area (Å²) in [5.41, 5.74) is 0.00391. The molecule has 1 atom stereocenters. The van der Waals surface area contributed by atoms with Crippen LogP contribution in [0.2, 0.25) is 0 Å². The molecule has 17 heavy (non-hydrogen) atoms. The van der Waals surface area contributed by atoms with Crippen LogP contribution in [0, 0.1) is 0 Å². The Morgan fingerprint density at radius 1 is 1.47 bits per heavy atom. The van der Waals surface area contributed by atoms with Crippen molar-refractivity contribution in [3.8, 4) is 0 Å². The Balaban J connectivity index is 2.35. The minimum Gasteiger partial charge on any atom is -0.394 e. The summed E-state index contributed by atoms with van der Waals surface area (Å²) in [5, 5.41) is 12.5. The zero-order valence-electron chi connectivity index (χ0n) is 11.8. The minimum absolute atomic E-state index is 0.142. The van der Waals surface area contributed by atoms with E-state index in [0.717, 1.165) is 39.1 Å². The standard InChI is InChI=1S/C13H28N2O2/c1-12(2)11-17-9-8-15(12)7-5-6-13(3,10-16)14-4/h14,16H,5-11H2,1-4H3. The van der Waals surface area contributed by atoms with Crippen LogP contribution in [0.25, 0.3) is 0 Å². The molecule has 0 aromatic heterocycles. The maximum atomic E-state index is 9.33. The van der Waals surface area contributed by atoms with E-state index in [-0.39, 0.29) is 17.7 Å². The van der Waals surface area contributed by atoms with Crippen molar-refractivity contribution in [3.63, 3.8) is 0 Å². The molecule has 0 spiro atoms. The Labute approximate surface area is 105 Å². The average molecular weight is 244 g/mol. The van der Waals surface area contributed by atoms with Crippen molar-refractivity contribution < 1.29 is 9.84 Å². The summed E-state index contributed by atoms with van der Waals surface area (Å²) in [6, 6.07) is 0. The molecule has 0 aromatic rings. The number of rotatable bonds is 6. The molecule has 2 N–H and O–H groups in total. The van der Waals surface area contributed by atoms with E-state index in [2.05, 4.69) is 31.0 Å². The summed E-state index contributed by atoms with van der Waals surface area (Å²) in [4.78, 5) is 2.49. The van der Waals surface area contributed by atoms with Gasteiger partial charge in [-0.05, 0) is 47.2 Å². The van der Waals surface area contributed by atoms with Crippen LogP contribution in [0.1, 0.15) is 33.6 Å². The molecule has 1 aliphatic rings. The number of ether oxygens (including phenoxy) is 1. The monoisotopic (exact) mass is 244 g/mol. The highest BCUT2D eigenvalue weighted by Crippen LogP contribution is 2.20. The van der Waals surface area contributed by atoms with Crippen molar-refractivity contribution in [3.05, 3.63) is 0 Å². The summed E-state index contributed by atoms with van der Waals surface area (Å²) in [6.07, 6.45) is 2.09. The van der Waals surface area contributed by atoms with Gasteiger partial charge >= 0.3 is 0 Å². The largest absolute Gasteiger partial charge is 0.394 e. The van der Waals surface area contributed by atoms with E-state index < -0.39 is 0 Å². The SMILES string of the molecule is CNC(C)(CO)CCCN1CCOCC1(C)C. The van der Waals surface area contributed by atoms with Gasteiger partial charge in [0.25, 0.3) is 0 Å². The van der Waals surface area contributed by atoms with E-state index in [1.54, 1.807) is 0 Å². The fourth-order valence-electron chi connectivity index (χ4n) is 2.25. The number of aliphatic hydroxyl groups excluding tert-OH is 1. The second-order valence-corrected chi connectivity index (χ2v) is 5.92. The van der Waals surface area contributed by atoms with Crippen molar-refractivity contribution in [2.75, 3.05) is 40.0 Å². The molecule has 0 saturated carbocycles. The molecule has 0 amide bonds. The first-order valence-electron chi connectivity index (χ1n) is 6.56. The lowest BCUT2D eigenvalue weighted by Gasteiger charge is -2.42. The molecule has 4 nitrogen and oxygen atoms in total. The number of morpholine rings is 1. The molecule has 4 heteroatoms. The smallest absolute Gasteiger partial charge is 0.0645 e. The molecular weight excluding hydrogens is 216 g/mol. The lowest BCUT2D eigenvalue weighted by atomic mass is 9.95. The van der Waals surface area contributed by atoms with Gasteiger partial charge < -0.3 is 15.2 Å². The lowest BCUT2D eigenvalue weighted by Crippen LogP contribution is -2.53. The van der Waals surface area contributed by atoms with Crippen molar-refractivity contribution in [1.82, 2.24) is 10.2 Å². The molecule has 0 aromatic carbocycles. The molecule has 1 unspecified atom stereocenters. The van der Waals surface area contributed by atoms with E-state index in [1.807, 2.05) is 7.05 Å². The first-order valence-corrected chi connectivity index (χ1v) is 6.56. The van der Waals surface area contributed by atoms with Crippen molar-refractivity contribution in [2.24, 2.45) is 0 Å². The van der Waals surface area contributed by atoms with Crippen LogP contribution in [0.15, 0.2) is 0 Å².